The Kier molecular flexibility index (Phi) is 2.64. The van der Waals surface area contributed by atoms with Crippen molar-refractivity contribution in [3.63, 3.8) is 0 Å². The smallest absolute Gasteiger partial charge is 0.123 e. The van der Waals surface area contributed by atoms with Gasteiger partial charge in [-0.05, 0) is 39.0 Å². The highest BCUT2D eigenvalue weighted by Crippen LogP contribution is 2.24. The molecule has 0 radical (unpaired) electrons. The molecule has 4 nitrogen and oxygen atoms in total. The Morgan fingerprint density at radius 3 is 2.69 bits per heavy atom. The lowest BCUT2D eigenvalue weighted by atomic mass is 10.1. The summed E-state index contributed by atoms with van der Waals surface area (Å²) < 4.78 is 2.00. The van der Waals surface area contributed by atoms with Gasteiger partial charge >= 0.3 is 0 Å². The van der Waals surface area contributed by atoms with E-state index in [0.717, 1.165) is 17.0 Å². The number of aryl methyl sites for hydroxylation is 1. The standard InChI is InChI=1S/C12H16N4/c1-8(2)16-11(6-9(3)15-16)10-4-5-14-12(13)7-10/h4-8H,1-3H3,(H2,13,14). The van der Waals surface area contributed by atoms with Crippen molar-refractivity contribution in [1.29, 1.82) is 0 Å². The fourth-order valence-corrected chi connectivity index (χ4v) is 1.73. The Bertz CT molecular complexity index is 499. The molecule has 0 saturated heterocycles. The topological polar surface area (TPSA) is 56.7 Å². The molecule has 0 aliphatic heterocycles. The molecular formula is C12H16N4. The molecular weight excluding hydrogens is 200 g/mol. The molecule has 0 aliphatic carbocycles. The molecule has 0 amide bonds. The van der Waals surface area contributed by atoms with E-state index < -0.39 is 0 Å². The number of nitrogen functional groups attached to an aromatic ring is 1. The van der Waals surface area contributed by atoms with Crippen LogP contribution in [0.25, 0.3) is 11.3 Å². The second kappa shape index (κ2) is 3.96. The van der Waals surface area contributed by atoms with E-state index in [1.807, 2.05) is 23.7 Å². The van der Waals surface area contributed by atoms with Gasteiger partial charge in [-0.3, -0.25) is 4.68 Å². The zero-order valence-electron chi connectivity index (χ0n) is 9.81. The van der Waals surface area contributed by atoms with E-state index in [4.69, 9.17) is 5.73 Å². The van der Waals surface area contributed by atoms with Crippen molar-refractivity contribution >= 4 is 5.82 Å². The third kappa shape index (κ3) is 1.91. The molecule has 16 heavy (non-hydrogen) atoms. The third-order valence-corrected chi connectivity index (χ3v) is 2.42. The van der Waals surface area contributed by atoms with Crippen molar-refractivity contribution in [2.45, 2.75) is 26.8 Å². The molecule has 2 aromatic heterocycles. The fraction of sp³-hybridized carbons (Fsp3) is 0.333. The fourth-order valence-electron chi connectivity index (χ4n) is 1.73. The molecule has 0 aliphatic rings. The highest BCUT2D eigenvalue weighted by atomic mass is 15.3. The summed E-state index contributed by atoms with van der Waals surface area (Å²) in [6.45, 7) is 6.22. The van der Waals surface area contributed by atoms with Gasteiger partial charge in [0.15, 0.2) is 0 Å². The van der Waals surface area contributed by atoms with Gasteiger partial charge in [-0.2, -0.15) is 5.10 Å². The molecule has 2 N–H and O–H groups in total. The summed E-state index contributed by atoms with van der Waals surface area (Å²) in [7, 11) is 0. The minimum absolute atomic E-state index is 0.332. The first kappa shape index (κ1) is 10.7. The largest absolute Gasteiger partial charge is 0.384 e. The van der Waals surface area contributed by atoms with Gasteiger partial charge < -0.3 is 5.73 Å². The van der Waals surface area contributed by atoms with Crippen LogP contribution < -0.4 is 5.73 Å². The molecule has 0 aromatic carbocycles. The average molecular weight is 216 g/mol. The van der Waals surface area contributed by atoms with Crippen LogP contribution in [-0.2, 0) is 0 Å². The van der Waals surface area contributed by atoms with Crippen LogP contribution in [-0.4, -0.2) is 14.8 Å². The highest BCUT2D eigenvalue weighted by Gasteiger charge is 2.10. The quantitative estimate of drug-likeness (QED) is 0.838. The maximum atomic E-state index is 5.69. The maximum Gasteiger partial charge on any atom is 0.123 e. The van der Waals surface area contributed by atoms with Crippen LogP contribution in [0, 0.1) is 6.92 Å². The van der Waals surface area contributed by atoms with Gasteiger partial charge in [0.05, 0.1) is 11.4 Å². The first-order valence-corrected chi connectivity index (χ1v) is 5.36. The predicted molar refractivity (Wildman–Crippen MR) is 65.0 cm³/mol. The number of hydrogen-bond acceptors (Lipinski definition) is 3. The zero-order valence-corrected chi connectivity index (χ0v) is 9.81. The normalized spacial score (nSPS) is 11.0. The second-order valence-electron chi connectivity index (χ2n) is 4.18. The molecule has 84 valence electrons. The minimum Gasteiger partial charge on any atom is -0.384 e. The summed E-state index contributed by atoms with van der Waals surface area (Å²) in [5, 5.41) is 4.47. The Balaban J connectivity index is 2.55. The van der Waals surface area contributed by atoms with Crippen LogP contribution in [0.4, 0.5) is 5.82 Å². The first-order chi connectivity index (χ1) is 7.58. The number of pyridine rings is 1. The SMILES string of the molecule is Cc1cc(-c2ccnc(N)c2)n(C(C)C)n1. The Morgan fingerprint density at radius 2 is 2.06 bits per heavy atom. The summed E-state index contributed by atoms with van der Waals surface area (Å²) in [6.07, 6.45) is 1.72. The van der Waals surface area contributed by atoms with E-state index in [1.165, 1.54) is 0 Å². The molecule has 0 unspecified atom stereocenters. The summed E-state index contributed by atoms with van der Waals surface area (Å²) in [5.74, 6) is 0.534. The van der Waals surface area contributed by atoms with E-state index in [-0.39, 0.29) is 0 Å². The van der Waals surface area contributed by atoms with Crippen LogP contribution in [0.1, 0.15) is 25.6 Å². The van der Waals surface area contributed by atoms with Gasteiger partial charge in [-0.25, -0.2) is 4.98 Å². The maximum absolute atomic E-state index is 5.69. The van der Waals surface area contributed by atoms with Gasteiger partial charge in [-0.1, -0.05) is 0 Å². The van der Waals surface area contributed by atoms with Gasteiger partial charge in [0.1, 0.15) is 5.82 Å². The third-order valence-electron chi connectivity index (χ3n) is 2.42. The van der Waals surface area contributed by atoms with E-state index in [9.17, 15) is 0 Å². The number of nitrogens with zero attached hydrogens (tertiary/aromatic N) is 3. The lowest BCUT2D eigenvalue weighted by Gasteiger charge is -2.10. The Hall–Kier alpha value is -1.84. The van der Waals surface area contributed by atoms with Crippen molar-refractivity contribution in [3.05, 3.63) is 30.1 Å². The van der Waals surface area contributed by atoms with Gasteiger partial charge in [0.25, 0.3) is 0 Å². The molecule has 2 heterocycles. The summed E-state index contributed by atoms with van der Waals surface area (Å²) in [6, 6.07) is 6.22. The number of hydrogen-bond donors (Lipinski definition) is 1. The Morgan fingerprint density at radius 1 is 1.31 bits per heavy atom. The lowest BCUT2D eigenvalue weighted by molar-refractivity contribution is 0.535. The van der Waals surface area contributed by atoms with Crippen LogP contribution in [0.2, 0.25) is 0 Å². The molecule has 2 rings (SSSR count). The molecule has 0 saturated carbocycles. The van der Waals surface area contributed by atoms with Gasteiger partial charge in [0, 0.05) is 17.8 Å². The van der Waals surface area contributed by atoms with Crippen LogP contribution in [0.5, 0.6) is 0 Å². The number of rotatable bonds is 2. The minimum atomic E-state index is 0.332. The number of anilines is 1. The molecule has 0 bridgehead atoms. The van der Waals surface area contributed by atoms with Crippen molar-refractivity contribution in [3.8, 4) is 11.3 Å². The van der Waals surface area contributed by atoms with Crippen LogP contribution in [0.3, 0.4) is 0 Å². The van der Waals surface area contributed by atoms with E-state index in [0.29, 0.717) is 11.9 Å². The summed E-state index contributed by atoms with van der Waals surface area (Å²) in [4.78, 5) is 3.99. The van der Waals surface area contributed by atoms with Crippen LogP contribution >= 0.6 is 0 Å². The van der Waals surface area contributed by atoms with Crippen molar-refractivity contribution in [2.24, 2.45) is 0 Å². The zero-order chi connectivity index (χ0) is 11.7. The summed E-state index contributed by atoms with van der Waals surface area (Å²) >= 11 is 0. The van der Waals surface area contributed by atoms with Crippen molar-refractivity contribution < 1.29 is 0 Å². The summed E-state index contributed by atoms with van der Waals surface area (Å²) in [5.41, 5.74) is 8.84. The highest BCUT2D eigenvalue weighted by molar-refractivity contribution is 5.62. The van der Waals surface area contributed by atoms with E-state index in [1.54, 1.807) is 6.20 Å². The average Bonchev–Trinajstić information content (AvgIpc) is 2.60. The second-order valence-corrected chi connectivity index (χ2v) is 4.18. The van der Waals surface area contributed by atoms with Gasteiger partial charge in [-0.15, -0.1) is 0 Å². The molecule has 0 atom stereocenters. The van der Waals surface area contributed by atoms with Crippen molar-refractivity contribution in [2.75, 3.05) is 5.73 Å². The number of aromatic nitrogens is 3. The molecule has 4 heteroatoms. The van der Waals surface area contributed by atoms with E-state index in [2.05, 4.69) is 30.0 Å². The predicted octanol–water partition coefficient (Wildman–Crippen LogP) is 2.42. The van der Waals surface area contributed by atoms with Gasteiger partial charge in [0.2, 0.25) is 0 Å². The number of nitrogens with two attached hydrogens (primary N) is 1. The molecule has 0 spiro atoms. The van der Waals surface area contributed by atoms with E-state index >= 15 is 0 Å². The lowest BCUT2D eigenvalue weighted by Crippen LogP contribution is -2.05. The molecule has 0 fully saturated rings. The van der Waals surface area contributed by atoms with Crippen molar-refractivity contribution in [1.82, 2.24) is 14.8 Å². The van der Waals surface area contributed by atoms with Crippen LogP contribution in [0.15, 0.2) is 24.4 Å². The Labute approximate surface area is 95.1 Å². The monoisotopic (exact) mass is 216 g/mol. The first-order valence-electron chi connectivity index (χ1n) is 5.36. The molecule has 2 aromatic rings.